The van der Waals surface area contributed by atoms with E-state index in [-0.39, 0.29) is 16.9 Å². The third kappa shape index (κ3) is 3.44. The smallest absolute Gasteiger partial charge is 0.251 e. The molecule has 0 bridgehead atoms. The molecule has 0 aliphatic heterocycles. The topological polar surface area (TPSA) is 133 Å². The third-order valence-corrected chi connectivity index (χ3v) is 2.24. The Hall–Kier alpha value is -2.12. The molecule has 7 nitrogen and oxygen atoms in total. The van der Waals surface area contributed by atoms with Gasteiger partial charge in [-0.1, -0.05) is 0 Å². The number of hydrogen-bond donors (Lipinski definition) is 5. The first-order valence-electron chi connectivity index (χ1n) is 5.14. The number of benzene rings is 1. The van der Waals surface area contributed by atoms with E-state index in [2.05, 4.69) is 5.32 Å². The molecule has 0 radical (unpaired) electrons. The second kappa shape index (κ2) is 5.99. The van der Waals surface area contributed by atoms with Crippen LogP contribution in [0.2, 0.25) is 0 Å². The molecule has 1 rings (SSSR count). The zero-order chi connectivity index (χ0) is 13.7. The number of carbonyl (C=O) groups excluding carboxylic acids is 2. The quantitative estimate of drug-likeness (QED) is 0.439. The summed E-state index contributed by atoms with van der Waals surface area (Å²) in [4.78, 5) is 22.7. The number of aromatic hydroxyl groups is 1. The van der Waals surface area contributed by atoms with Gasteiger partial charge in [-0.05, 0) is 18.2 Å². The maximum absolute atomic E-state index is 11.7. The highest BCUT2D eigenvalue weighted by Gasteiger charge is 2.14. The summed E-state index contributed by atoms with van der Waals surface area (Å²) >= 11 is 0. The minimum absolute atomic E-state index is 0.00954. The molecule has 0 fully saturated rings. The molecular weight excluding hydrogens is 240 g/mol. The van der Waals surface area contributed by atoms with Crippen molar-refractivity contribution < 1.29 is 24.9 Å². The summed E-state index contributed by atoms with van der Waals surface area (Å²) in [6.45, 7) is -0.854. The van der Waals surface area contributed by atoms with Crippen molar-refractivity contribution in [3.05, 3.63) is 29.3 Å². The van der Waals surface area contributed by atoms with E-state index in [0.717, 1.165) is 12.1 Å². The van der Waals surface area contributed by atoms with Crippen LogP contribution in [-0.2, 0) is 0 Å². The van der Waals surface area contributed by atoms with E-state index in [1.807, 2.05) is 0 Å². The van der Waals surface area contributed by atoms with E-state index in [1.165, 1.54) is 6.07 Å². The van der Waals surface area contributed by atoms with E-state index in [0.29, 0.717) is 0 Å². The van der Waals surface area contributed by atoms with Gasteiger partial charge in [0.25, 0.3) is 5.91 Å². The Morgan fingerprint density at radius 2 is 1.72 bits per heavy atom. The number of carbonyl (C=O) groups is 2. The number of nitrogens with one attached hydrogen (secondary N) is 1. The predicted octanol–water partition coefficient (Wildman–Crippen LogP) is -1.43. The SMILES string of the molecule is NC(=O)c1cc(O)cc(C(=O)NC(CO)CO)c1. The first-order chi connectivity index (χ1) is 8.47. The first kappa shape index (κ1) is 13.9. The number of primary amides is 1. The van der Waals surface area contributed by atoms with Crippen molar-refractivity contribution in [3.63, 3.8) is 0 Å². The van der Waals surface area contributed by atoms with Crippen molar-refractivity contribution in [2.24, 2.45) is 5.73 Å². The van der Waals surface area contributed by atoms with Gasteiger partial charge < -0.3 is 26.4 Å². The molecule has 18 heavy (non-hydrogen) atoms. The summed E-state index contributed by atoms with van der Waals surface area (Å²) in [5, 5.41) is 29.3. The molecular formula is C11H14N2O5. The average molecular weight is 254 g/mol. The molecule has 0 aromatic heterocycles. The lowest BCUT2D eigenvalue weighted by atomic mass is 10.1. The van der Waals surface area contributed by atoms with E-state index in [4.69, 9.17) is 15.9 Å². The summed E-state index contributed by atoms with van der Waals surface area (Å²) in [6.07, 6.45) is 0. The zero-order valence-corrected chi connectivity index (χ0v) is 9.46. The van der Waals surface area contributed by atoms with Crippen molar-refractivity contribution in [2.45, 2.75) is 6.04 Å². The van der Waals surface area contributed by atoms with Crippen molar-refractivity contribution in [1.29, 1.82) is 0 Å². The van der Waals surface area contributed by atoms with E-state index in [1.54, 1.807) is 0 Å². The second-order valence-electron chi connectivity index (χ2n) is 3.67. The van der Waals surface area contributed by atoms with Crippen LogP contribution in [0.25, 0.3) is 0 Å². The van der Waals surface area contributed by atoms with Crippen LogP contribution in [0.5, 0.6) is 5.75 Å². The van der Waals surface area contributed by atoms with Crippen LogP contribution in [0, 0.1) is 0 Å². The number of aliphatic hydroxyl groups is 2. The summed E-state index contributed by atoms with van der Waals surface area (Å²) in [5.41, 5.74) is 5.04. The number of rotatable bonds is 5. The highest BCUT2D eigenvalue weighted by atomic mass is 16.3. The first-order valence-corrected chi connectivity index (χ1v) is 5.14. The fourth-order valence-electron chi connectivity index (χ4n) is 1.30. The Morgan fingerprint density at radius 3 is 2.22 bits per heavy atom. The van der Waals surface area contributed by atoms with Gasteiger partial charge in [0.2, 0.25) is 5.91 Å². The lowest BCUT2D eigenvalue weighted by Gasteiger charge is -2.13. The summed E-state index contributed by atoms with van der Waals surface area (Å²) in [5.74, 6) is -1.69. The molecule has 0 saturated heterocycles. The maximum atomic E-state index is 11.7. The second-order valence-corrected chi connectivity index (χ2v) is 3.67. The number of hydrogen-bond acceptors (Lipinski definition) is 5. The van der Waals surface area contributed by atoms with Gasteiger partial charge in [-0.3, -0.25) is 9.59 Å². The molecule has 1 aromatic rings. The maximum Gasteiger partial charge on any atom is 0.251 e. The van der Waals surface area contributed by atoms with Crippen LogP contribution in [0.15, 0.2) is 18.2 Å². The normalized spacial score (nSPS) is 10.4. The molecule has 0 aliphatic carbocycles. The highest BCUT2D eigenvalue weighted by molar-refractivity contribution is 5.99. The Bertz CT molecular complexity index is 457. The fraction of sp³-hybridized carbons (Fsp3) is 0.273. The molecule has 98 valence electrons. The van der Waals surface area contributed by atoms with E-state index in [9.17, 15) is 14.7 Å². The lowest BCUT2D eigenvalue weighted by Crippen LogP contribution is -2.40. The lowest BCUT2D eigenvalue weighted by molar-refractivity contribution is 0.0879. The Kier molecular flexibility index (Phi) is 4.64. The molecule has 7 heteroatoms. The number of phenols is 1. The summed E-state index contributed by atoms with van der Waals surface area (Å²) in [6, 6.07) is 2.68. The van der Waals surface area contributed by atoms with Crippen molar-refractivity contribution >= 4 is 11.8 Å². The minimum Gasteiger partial charge on any atom is -0.508 e. The largest absolute Gasteiger partial charge is 0.508 e. The standard InChI is InChI=1S/C11H14N2O5/c12-10(17)6-1-7(3-9(16)2-6)11(18)13-8(4-14)5-15/h1-3,8,14-16H,4-5H2,(H2,12,17)(H,13,18). The molecule has 0 aliphatic rings. The number of amides is 2. The Labute approximate surface area is 103 Å². The zero-order valence-electron chi connectivity index (χ0n) is 9.46. The van der Waals surface area contributed by atoms with Crippen molar-refractivity contribution in [2.75, 3.05) is 13.2 Å². The van der Waals surface area contributed by atoms with Crippen LogP contribution in [0.4, 0.5) is 0 Å². The summed E-state index contributed by atoms with van der Waals surface area (Å²) < 4.78 is 0. The van der Waals surface area contributed by atoms with Gasteiger partial charge in [0, 0.05) is 11.1 Å². The van der Waals surface area contributed by atoms with Crippen LogP contribution < -0.4 is 11.1 Å². The third-order valence-electron chi connectivity index (χ3n) is 2.24. The minimum atomic E-state index is -0.808. The number of phenolic OH excluding ortho intramolecular Hbond substituents is 1. The van der Waals surface area contributed by atoms with Crippen LogP contribution in [0.3, 0.4) is 0 Å². The molecule has 0 atom stereocenters. The van der Waals surface area contributed by atoms with Gasteiger partial charge in [-0.2, -0.15) is 0 Å². The van der Waals surface area contributed by atoms with E-state index >= 15 is 0 Å². The van der Waals surface area contributed by atoms with Gasteiger partial charge in [0.1, 0.15) is 5.75 Å². The molecule has 6 N–H and O–H groups in total. The van der Waals surface area contributed by atoms with Crippen molar-refractivity contribution in [1.82, 2.24) is 5.32 Å². The van der Waals surface area contributed by atoms with Gasteiger partial charge in [0.15, 0.2) is 0 Å². The number of aliphatic hydroxyl groups excluding tert-OH is 2. The van der Waals surface area contributed by atoms with Crippen LogP contribution >= 0.6 is 0 Å². The van der Waals surface area contributed by atoms with Crippen LogP contribution in [-0.4, -0.2) is 46.4 Å². The molecule has 2 amide bonds. The van der Waals surface area contributed by atoms with Gasteiger partial charge in [-0.15, -0.1) is 0 Å². The fourth-order valence-corrected chi connectivity index (χ4v) is 1.30. The van der Waals surface area contributed by atoms with Crippen molar-refractivity contribution in [3.8, 4) is 5.75 Å². The predicted molar refractivity (Wildman–Crippen MR) is 62.1 cm³/mol. The summed E-state index contributed by atoms with van der Waals surface area (Å²) in [7, 11) is 0. The average Bonchev–Trinajstić information content (AvgIpc) is 2.34. The highest BCUT2D eigenvalue weighted by Crippen LogP contribution is 2.15. The van der Waals surface area contributed by atoms with Gasteiger partial charge in [0.05, 0.1) is 19.3 Å². The Morgan fingerprint density at radius 1 is 1.17 bits per heavy atom. The molecule has 1 aromatic carbocycles. The van der Waals surface area contributed by atoms with E-state index < -0.39 is 31.1 Å². The molecule has 0 heterocycles. The molecule has 0 unspecified atom stereocenters. The molecule has 0 spiro atoms. The number of nitrogens with two attached hydrogens (primary N) is 1. The molecule has 0 saturated carbocycles. The van der Waals surface area contributed by atoms with Crippen LogP contribution in [0.1, 0.15) is 20.7 Å². The monoisotopic (exact) mass is 254 g/mol. The Balaban J connectivity index is 2.95. The van der Waals surface area contributed by atoms with Gasteiger partial charge >= 0.3 is 0 Å². The van der Waals surface area contributed by atoms with Gasteiger partial charge in [-0.25, -0.2) is 0 Å².